The summed E-state index contributed by atoms with van der Waals surface area (Å²) in [4.78, 5) is 42.0. The number of amides is 1. The van der Waals surface area contributed by atoms with E-state index in [-0.39, 0.29) is 31.1 Å². The number of aromatic nitrogens is 2. The van der Waals surface area contributed by atoms with Gasteiger partial charge in [0.2, 0.25) is 5.75 Å². The van der Waals surface area contributed by atoms with Gasteiger partial charge in [-0.1, -0.05) is 30.3 Å². The summed E-state index contributed by atoms with van der Waals surface area (Å²) in [5.41, 5.74) is -0.167. The molecule has 0 saturated carbocycles. The zero-order chi connectivity index (χ0) is 22.4. The first-order chi connectivity index (χ1) is 15.5. The Balaban J connectivity index is 1.56. The Bertz CT molecular complexity index is 1330. The summed E-state index contributed by atoms with van der Waals surface area (Å²) in [5, 5.41) is 10.7. The van der Waals surface area contributed by atoms with Crippen molar-refractivity contribution in [3.63, 3.8) is 0 Å². The number of fused-ring (bicyclic) bond motifs is 2. The van der Waals surface area contributed by atoms with E-state index in [1.165, 1.54) is 21.6 Å². The largest absolute Gasteiger partial charge is 0.501 e. The van der Waals surface area contributed by atoms with E-state index in [1.54, 1.807) is 23.9 Å². The Kier molecular flexibility index (Phi) is 5.13. The number of aromatic hydroxyl groups is 1. The predicted octanol–water partition coefficient (Wildman–Crippen LogP) is 2.60. The number of hydrogen-bond acceptors (Lipinski definition) is 5. The van der Waals surface area contributed by atoms with Crippen LogP contribution in [0.2, 0.25) is 0 Å². The summed E-state index contributed by atoms with van der Waals surface area (Å²) in [6.07, 6.45) is 0.570. The standard InChI is InChI=1S/C23H20FN3O4S/c24-15-7-5-14(6-8-15)13-25-10-11-26-19(21(25)29)20(28)22(30)27(23(26)31)17-9-12-32-18-4-2-1-3-16(17)18/h1-8,17,28H,9-13H2. The summed E-state index contributed by atoms with van der Waals surface area (Å²) in [5.74, 6) is -0.954. The van der Waals surface area contributed by atoms with Gasteiger partial charge in [0.05, 0.1) is 6.04 Å². The molecule has 164 valence electrons. The van der Waals surface area contributed by atoms with Crippen molar-refractivity contribution in [2.75, 3.05) is 12.3 Å². The van der Waals surface area contributed by atoms with E-state index in [9.17, 15) is 23.9 Å². The SMILES string of the molecule is O=C1c2c(O)c(=O)n(C3CCSc4ccccc43)c(=O)n2CCN1Cc1ccc(F)cc1. The van der Waals surface area contributed by atoms with Gasteiger partial charge in [-0.2, -0.15) is 0 Å². The molecule has 0 spiro atoms. The number of nitrogens with zero attached hydrogens (tertiary/aromatic N) is 3. The summed E-state index contributed by atoms with van der Waals surface area (Å²) < 4.78 is 15.5. The Morgan fingerprint density at radius 1 is 1.03 bits per heavy atom. The highest BCUT2D eigenvalue weighted by atomic mass is 32.2. The third-order valence-electron chi connectivity index (χ3n) is 5.96. The molecule has 7 nitrogen and oxygen atoms in total. The highest BCUT2D eigenvalue weighted by molar-refractivity contribution is 7.99. The van der Waals surface area contributed by atoms with Crippen LogP contribution < -0.4 is 11.2 Å². The zero-order valence-electron chi connectivity index (χ0n) is 17.0. The van der Waals surface area contributed by atoms with E-state index in [0.717, 1.165) is 20.8 Å². The van der Waals surface area contributed by atoms with Crippen molar-refractivity contribution in [1.82, 2.24) is 14.0 Å². The third kappa shape index (κ3) is 3.33. The summed E-state index contributed by atoms with van der Waals surface area (Å²) in [7, 11) is 0. The Morgan fingerprint density at radius 2 is 1.78 bits per heavy atom. The van der Waals surface area contributed by atoms with E-state index >= 15 is 0 Å². The second-order valence-electron chi connectivity index (χ2n) is 7.85. The monoisotopic (exact) mass is 453 g/mol. The van der Waals surface area contributed by atoms with Crippen LogP contribution in [0.25, 0.3) is 0 Å². The lowest BCUT2D eigenvalue weighted by Gasteiger charge is -2.32. The molecule has 0 radical (unpaired) electrons. The van der Waals surface area contributed by atoms with E-state index in [4.69, 9.17) is 0 Å². The normalized spacial score (nSPS) is 17.7. The second kappa shape index (κ2) is 7.98. The lowest BCUT2D eigenvalue weighted by Crippen LogP contribution is -2.51. The van der Waals surface area contributed by atoms with Crippen molar-refractivity contribution in [3.8, 4) is 5.75 Å². The molecular weight excluding hydrogens is 433 g/mol. The van der Waals surface area contributed by atoms with Crippen LogP contribution in [0.5, 0.6) is 5.75 Å². The van der Waals surface area contributed by atoms with Crippen LogP contribution in [0.3, 0.4) is 0 Å². The number of carbonyl (C=O) groups is 1. The number of carbonyl (C=O) groups excluding carboxylic acids is 1. The smallest absolute Gasteiger partial charge is 0.332 e. The number of hydrogen-bond donors (Lipinski definition) is 1. The molecular formula is C23H20FN3O4S. The molecule has 1 atom stereocenters. The van der Waals surface area contributed by atoms with E-state index in [1.807, 2.05) is 24.3 Å². The van der Waals surface area contributed by atoms with Gasteiger partial charge in [0.25, 0.3) is 11.5 Å². The molecule has 1 amide bonds. The fourth-order valence-electron chi connectivity index (χ4n) is 4.38. The lowest BCUT2D eigenvalue weighted by atomic mass is 10.0. The average molecular weight is 453 g/mol. The molecule has 0 bridgehead atoms. The average Bonchev–Trinajstić information content (AvgIpc) is 2.80. The van der Waals surface area contributed by atoms with E-state index in [0.29, 0.717) is 12.0 Å². The molecule has 5 rings (SSSR count). The molecule has 0 aliphatic carbocycles. The molecule has 32 heavy (non-hydrogen) atoms. The maximum atomic E-state index is 13.3. The number of benzene rings is 2. The first-order valence-corrected chi connectivity index (χ1v) is 11.3. The Hall–Kier alpha value is -3.33. The van der Waals surface area contributed by atoms with E-state index < -0.39 is 28.9 Å². The van der Waals surface area contributed by atoms with Gasteiger partial charge in [-0.15, -0.1) is 11.8 Å². The van der Waals surface area contributed by atoms with Crippen LogP contribution in [0.1, 0.15) is 34.1 Å². The Morgan fingerprint density at radius 3 is 2.56 bits per heavy atom. The Labute approximate surface area is 186 Å². The van der Waals surface area contributed by atoms with Crippen molar-refractivity contribution >= 4 is 17.7 Å². The van der Waals surface area contributed by atoms with Crippen LogP contribution in [0.15, 0.2) is 63.0 Å². The predicted molar refractivity (Wildman–Crippen MR) is 118 cm³/mol. The molecule has 3 aromatic rings. The second-order valence-corrected chi connectivity index (χ2v) is 8.99. The molecule has 1 unspecified atom stereocenters. The lowest BCUT2D eigenvalue weighted by molar-refractivity contribution is 0.0677. The van der Waals surface area contributed by atoms with Gasteiger partial charge in [0.15, 0.2) is 5.69 Å². The maximum Gasteiger partial charge on any atom is 0.332 e. The van der Waals surface area contributed by atoms with Crippen molar-refractivity contribution < 1.29 is 14.3 Å². The topological polar surface area (TPSA) is 84.5 Å². The van der Waals surface area contributed by atoms with Crippen LogP contribution in [-0.4, -0.2) is 37.3 Å². The van der Waals surface area contributed by atoms with Crippen LogP contribution in [0, 0.1) is 5.82 Å². The molecule has 1 aromatic heterocycles. The van der Waals surface area contributed by atoms with Crippen molar-refractivity contribution in [3.05, 3.63) is 92.0 Å². The minimum absolute atomic E-state index is 0.151. The van der Waals surface area contributed by atoms with Crippen LogP contribution in [0.4, 0.5) is 4.39 Å². The van der Waals surface area contributed by atoms with Gasteiger partial charge in [-0.25, -0.2) is 13.8 Å². The summed E-state index contributed by atoms with van der Waals surface area (Å²) in [6, 6.07) is 12.8. The molecule has 1 N–H and O–H groups in total. The first-order valence-electron chi connectivity index (χ1n) is 10.3. The van der Waals surface area contributed by atoms with Gasteiger partial charge in [0, 0.05) is 30.3 Å². The van der Waals surface area contributed by atoms with Gasteiger partial charge in [-0.3, -0.25) is 14.2 Å². The zero-order valence-corrected chi connectivity index (χ0v) is 17.8. The molecule has 0 saturated heterocycles. The fourth-order valence-corrected chi connectivity index (χ4v) is 5.49. The van der Waals surface area contributed by atoms with Gasteiger partial charge in [0.1, 0.15) is 5.82 Å². The summed E-state index contributed by atoms with van der Waals surface area (Å²) in [6.45, 7) is 0.568. The van der Waals surface area contributed by atoms with Crippen molar-refractivity contribution in [2.24, 2.45) is 0 Å². The number of rotatable bonds is 3. The minimum Gasteiger partial charge on any atom is -0.501 e. The minimum atomic E-state index is -0.857. The van der Waals surface area contributed by atoms with Crippen LogP contribution >= 0.6 is 11.8 Å². The van der Waals surface area contributed by atoms with Crippen molar-refractivity contribution in [1.29, 1.82) is 0 Å². The highest BCUT2D eigenvalue weighted by Gasteiger charge is 2.34. The molecule has 9 heteroatoms. The third-order valence-corrected chi connectivity index (χ3v) is 7.08. The first kappa shape index (κ1) is 20.6. The van der Waals surface area contributed by atoms with Crippen molar-refractivity contribution in [2.45, 2.75) is 30.4 Å². The van der Waals surface area contributed by atoms with Gasteiger partial charge < -0.3 is 10.0 Å². The molecule has 2 aliphatic heterocycles. The highest BCUT2D eigenvalue weighted by Crippen LogP contribution is 2.37. The van der Waals surface area contributed by atoms with Crippen LogP contribution in [-0.2, 0) is 13.1 Å². The molecule has 3 heterocycles. The number of thioether (sulfide) groups is 1. The van der Waals surface area contributed by atoms with Gasteiger partial charge in [-0.05, 0) is 35.7 Å². The van der Waals surface area contributed by atoms with Gasteiger partial charge >= 0.3 is 5.69 Å². The molecule has 0 fully saturated rings. The molecule has 2 aliphatic rings. The van der Waals surface area contributed by atoms with E-state index in [2.05, 4.69) is 0 Å². The quantitative estimate of drug-likeness (QED) is 0.659. The summed E-state index contributed by atoms with van der Waals surface area (Å²) >= 11 is 1.66. The number of halogens is 1. The maximum absolute atomic E-state index is 13.3. The molecule has 2 aromatic carbocycles. The fraction of sp³-hybridized carbons (Fsp3) is 0.261.